The van der Waals surface area contributed by atoms with E-state index in [9.17, 15) is 18.4 Å². The SMILES string of the molecule is COC(=O)[C@H]1C[C@H](OC)CN1C(=O)CCc1cc(Br)ccc1OC(F)F. The van der Waals surface area contributed by atoms with Gasteiger partial charge in [0.05, 0.1) is 13.2 Å². The minimum Gasteiger partial charge on any atom is -0.467 e. The summed E-state index contributed by atoms with van der Waals surface area (Å²) in [4.78, 5) is 25.9. The second-order valence-electron chi connectivity index (χ2n) is 5.81. The summed E-state index contributed by atoms with van der Waals surface area (Å²) in [7, 11) is 2.78. The minimum atomic E-state index is -2.95. The highest BCUT2D eigenvalue weighted by molar-refractivity contribution is 9.10. The molecule has 0 N–H and O–H groups in total. The monoisotopic (exact) mass is 435 g/mol. The van der Waals surface area contributed by atoms with E-state index in [0.717, 1.165) is 0 Å². The fourth-order valence-electron chi connectivity index (χ4n) is 2.94. The van der Waals surface area contributed by atoms with Gasteiger partial charge in [-0.05, 0) is 30.2 Å². The average Bonchev–Trinajstić information content (AvgIpc) is 3.05. The molecule has 0 unspecified atom stereocenters. The van der Waals surface area contributed by atoms with Crippen LogP contribution in [0.4, 0.5) is 8.78 Å². The topological polar surface area (TPSA) is 65.1 Å². The van der Waals surface area contributed by atoms with E-state index in [0.29, 0.717) is 16.5 Å². The molecule has 144 valence electrons. The molecule has 9 heteroatoms. The molecular formula is C17H20BrF2NO5. The molecule has 6 nitrogen and oxygen atoms in total. The highest BCUT2D eigenvalue weighted by atomic mass is 79.9. The van der Waals surface area contributed by atoms with Crippen molar-refractivity contribution in [2.24, 2.45) is 0 Å². The van der Waals surface area contributed by atoms with Crippen LogP contribution in [0.25, 0.3) is 0 Å². The third-order valence-corrected chi connectivity index (χ3v) is 4.73. The van der Waals surface area contributed by atoms with Crippen LogP contribution in [-0.4, -0.2) is 56.3 Å². The first-order valence-electron chi connectivity index (χ1n) is 7.99. The van der Waals surface area contributed by atoms with Crippen molar-refractivity contribution in [1.82, 2.24) is 4.90 Å². The maximum absolute atomic E-state index is 12.6. The van der Waals surface area contributed by atoms with E-state index < -0.39 is 18.6 Å². The van der Waals surface area contributed by atoms with Crippen LogP contribution in [0.3, 0.4) is 0 Å². The van der Waals surface area contributed by atoms with Crippen molar-refractivity contribution in [2.75, 3.05) is 20.8 Å². The van der Waals surface area contributed by atoms with Crippen LogP contribution in [0, 0.1) is 0 Å². The zero-order chi connectivity index (χ0) is 19.3. The van der Waals surface area contributed by atoms with Crippen molar-refractivity contribution in [2.45, 2.75) is 38.0 Å². The molecule has 1 aromatic carbocycles. The van der Waals surface area contributed by atoms with Gasteiger partial charge in [0.25, 0.3) is 0 Å². The van der Waals surface area contributed by atoms with E-state index >= 15 is 0 Å². The number of carbonyl (C=O) groups is 2. The molecule has 1 aliphatic rings. The second-order valence-corrected chi connectivity index (χ2v) is 6.72. The zero-order valence-corrected chi connectivity index (χ0v) is 16.0. The van der Waals surface area contributed by atoms with E-state index in [1.165, 1.54) is 25.2 Å². The summed E-state index contributed by atoms with van der Waals surface area (Å²) in [5.41, 5.74) is 0.477. The van der Waals surface area contributed by atoms with Gasteiger partial charge >= 0.3 is 12.6 Å². The Balaban J connectivity index is 2.08. The Morgan fingerprint density at radius 1 is 1.35 bits per heavy atom. The average molecular weight is 436 g/mol. The molecular weight excluding hydrogens is 416 g/mol. The van der Waals surface area contributed by atoms with Gasteiger partial charge in [-0.25, -0.2) is 4.79 Å². The first-order valence-corrected chi connectivity index (χ1v) is 8.78. The fourth-order valence-corrected chi connectivity index (χ4v) is 3.35. The maximum Gasteiger partial charge on any atom is 0.387 e. The van der Waals surface area contributed by atoms with Gasteiger partial charge in [-0.15, -0.1) is 0 Å². The second kappa shape index (κ2) is 9.27. The number of likely N-dealkylation sites (tertiary alicyclic amines) is 1. The summed E-state index contributed by atoms with van der Waals surface area (Å²) in [6, 6.07) is 3.94. The van der Waals surface area contributed by atoms with Crippen molar-refractivity contribution < 1.29 is 32.6 Å². The van der Waals surface area contributed by atoms with E-state index in [-0.39, 0.29) is 37.1 Å². The number of amides is 1. The molecule has 1 saturated heterocycles. The smallest absolute Gasteiger partial charge is 0.387 e. The largest absolute Gasteiger partial charge is 0.467 e. The molecule has 0 radical (unpaired) electrons. The third-order valence-electron chi connectivity index (χ3n) is 4.24. The molecule has 1 aromatic rings. The third kappa shape index (κ3) is 5.14. The number of hydrogen-bond donors (Lipinski definition) is 0. The number of ether oxygens (including phenoxy) is 3. The maximum atomic E-state index is 12.6. The summed E-state index contributed by atoms with van der Waals surface area (Å²) in [6.45, 7) is -2.66. The van der Waals surface area contributed by atoms with Crippen LogP contribution < -0.4 is 4.74 Å². The molecule has 2 atom stereocenters. The summed E-state index contributed by atoms with van der Waals surface area (Å²) < 4.78 is 40.2. The molecule has 1 amide bonds. The zero-order valence-electron chi connectivity index (χ0n) is 14.4. The number of hydrogen-bond acceptors (Lipinski definition) is 5. The number of carbonyl (C=O) groups excluding carboxylic acids is 2. The Labute approximate surface area is 158 Å². The Morgan fingerprint density at radius 3 is 2.69 bits per heavy atom. The van der Waals surface area contributed by atoms with Gasteiger partial charge in [0.1, 0.15) is 11.8 Å². The molecule has 0 saturated carbocycles. The predicted octanol–water partition coefficient (Wildman–Crippen LogP) is 2.77. The molecule has 1 fully saturated rings. The summed E-state index contributed by atoms with van der Waals surface area (Å²) in [6.07, 6.45) is 0.361. The van der Waals surface area contributed by atoms with Gasteiger partial charge < -0.3 is 19.1 Å². The molecule has 2 rings (SSSR count). The van der Waals surface area contributed by atoms with Gasteiger partial charge in [0.2, 0.25) is 5.91 Å². The van der Waals surface area contributed by atoms with E-state index in [2.05, 4.69) is 20.7 Å². The summed E-state index contributed by atoms with van der Waals surface area (Å²) >= 11 is 3.27. The van der Waals surface area contributed by atoms with Crippen molar-refractivity contribution >= 4 is 27.8 Å². The Hall–Kier alpha value is -1.74. The Kier molecular flexibility index (Phi) is 7.33. The molecule has 0 bridgehead atoms. The van der Waals surface area contributed by atoms with Crippen molar-refractivity contribution in [3.05, 3.63) is 28.2 Å². The standard InChI is InChI=1S/C17H20BrF2NO5/c1-24-12-8-13(16(23)25-2)21(9-12)15(22)6-3-10-7-11(18)4-5-14(10)26-17(19)20/h4-5,7,12-13,17H,3,6,8-9H2,1-2H3/t12-,13+/m0/s1. The van der Waals surface area contributed by atoms with Crippen LogP contribution >= 0.6 is 15.9 Å². The van der Waals surface area contributed by atoms with Crippen LogP contribution in [0.1, 0.15) is 18.4 Å². The lowest BCUT2D eigenvalue weighted by Gasteiger charge is -2.22. The van der Waals surface area contributed by atoms with Crippen LogP contribution in [0.15, 0.2) is 22.7 Å². The normalized spacial score (nSPS) is 19.7. The van der Waals surface area contributed by atoms with Crippen molar-refractivity contribution in [3.8, 4) is 5.75 Å². The van der Waals surface area contributed by atoms with E-state index in [1.807, 2.05) is 0 Å². The number of methoxy groups -OCH3 is 2. The molecule has 0 aliphatic carbocycles. The lowest BCUT2D eigenvalue weighted by Crippen LogP contribution is -2.41. The van der Waals surface area contributed by atoms with Crippen molar-refractivity contribution in [3.63, 3.8) is 0 Å². The number of nitrogens with zero attached hydrogens (tertiary/aromatic N) is 1. The lowest BCUT2D eigenvalue weighted by molar-refractivity contribution is -0.150. The predicted molar refractivity (Wildman–Crippen MR) is 92.0 cm³/mol. The quantitative estimate of drug-likeness (QED) is 0.616. The van der Waals surface area contributed by atoms with E-state index in [1.54, 1.807) is 12.1 Å². The number of esters is 1. The summed E-state index contributed by atoms with van der Waals surface area (Å²) in [5, 5.41) is 0. The number of halogens is 3. The summed E-state index contributed by atoms with van der Waals surface area (Å²) in [5.74, 6) is -0.748. The number of benzene rings is 1. The van der Waals surface area contributed by atoms with Gasteiger partial charge in [0, 0.05) is 31.0 Å². The van der Waals surface area contributed by atoms with Gasteiger partial charge in [-0.2, -0.15) is 8.78 Å². The highest BCUT2D eigenvalue weighted by Gasteiger charge is 2.40. The van der Waals surface area contributed by atoms with Gasteiger partial charge in [-0.3, -0.25) is 4.79 Å². The van der Waals surface area contributed by atoms with E-state index in [4.69, 9.17) is 9.47 Å². The Bertz CT molecular complexity index is 658. The Morgan fingerprint density at radius 2 is 2.08 bits per heavy atom. The lowest BCUT2D eigenvalue weighted by atomic mass is 10.1. The van der Waals surface area contributed by atoms with Crippen LogP contribution in [-0.2, 0) is 25.5 Å². The first kappa shape index (κ1) is 20.6. The molecule has 0 spiro atoms. The van der Waals surface area contributed by atoms with Gasteiger partial charge in [-0.1, -0.05) is 15.9 Å². The van der Waals surface area contributed by atoms with Crippen molar-refractivity contribution in [1.29, 1.82) is 0 Å². The number of alkyl halides is 2. The minimum absolute atomic E-state index is 0.0247. The molecule has 0 aromatic heterocycles. The van der Waals surface area contributed by atoms with Gasteiger partial charge in [0.15, 0.2) is 0 Å². The first-order chi connectivity index (χ1) is 12.3. The molecule has 1 aliphatic heterocycles. The number of rotatable bonds is 7. The fraction of sp³-hybridized carbons (Fsp3) is 0.529. The number of aryl methyl sites for hydroxylation is 1. The van der Waals surface area contributed by atoms with Crippen LogP contribution in [0.2, 0.25) is 0 Å². The highest BCUT2D eigenvalue weighted by Crippen LogP contribution is 2.27. The van der Waals surface area contributed by atoms with Crippen LogP contribution in [0.5, 0.6) is 5.75 Å². The molecule has 26 heavy (non-hydrogen) atoms. The molecule has 1 heterocycles.